The number of rotatable bonds is 5. The summed E-state index contributed by atoms with van der Waals surface area (Å²) >= 11 is 0. The first-order chi connectivity index (χ1) is 8.72. The SMILES string of the molecule is CC(CCC1CN(C)C1)c1nnc(C2CCC2)o1. The Hall–Kier alpha value is -0.900. The van der Waals surface area contributed by atoms with Gasteiger partial charge in [0, 0.05) is 24.9 Å². The van der Waals surface area contributed by atoms with Crippen molar-refractivity contribution in [3.63, 3.8) is 0 Å². The van der Waals surface area contributed by atoms with Crippen LogP contribution in [0.15, 0.2) is 4.42 Å². The summed E-state index contributed by atoms with van der Waals surface area (Å²) in [5.74, 6) is 3.58. The van der Waals surface area contributed by atoms with Gasteiger partial charge in [0.1, 0.15) is 0 Å². The molecule has 1 aromatic rings. The quantitative estimate of drug-likeness (QED) is 0.804. The summed E-state index contributed by atoms with van der Waals surface area (Å²) in [6, 6.07) is 0. The van der Waals surface area contributed by atoms with E-state index in [0.29, 0.717) is 11.8 Å². The van der Waals surface area contributed by atoms with Gasteiger partial charge in [-0.1, -0.05) is 13.3 Å². The van der Waals surface area contributed by atoms with Gasteiger partial charge in [-0.05, 0) is 38.6 Å². The second-order valence-electron chi connectivity index (χ2n) is 6.17. The van der Waals surface area contributed by atoms with Crippen LogP contribution in [0, 0.1) is 5.92 Å². The van der Waals surface area contributed by atoms with Crippen molar-refractivity contribution in [1.82, 2.24) is 15.1 Å². The molecular weight excluding hydrogens is 226 g/mol. The third kappa shape index (κ3) is 2.44. The fourth-order valence-electron chi connectivity index (χ4n) is 2.89. The molecule has 1 saturated carbocycles. The number of likely N-dealkylation sites (tertiary alicyclic amines) is 1. The molecule has 2 aliphatic rings. The third-order valence-electron chi connectivity index (χ3n) is 4.48. The van der Waals surface area contributed by atoms with Crippen molar-refractivity contribution in [3.8, 4) is 0 Å². The van der Waals surface area contributed by atoms with E-state index in [1.165, 1.54) is 45.2 Å². The standard InChI is InChI=1S/C14H23N3O/c1-10(6-7-11-8-17(2)9-11)13-15-16-14(18-13)12-4-3-5-12/h10-12H,3-9H2,1-2H3. The highest BCUT2D eigenvalue weighted by molar-refractivity contribution is 4.98. The van der Waals surface area contributed by atoms with Crippen molar-refractivity contribution in [1.29, 1.82) is 0 Å². The molecule has 1 aliphatic heterocycles. The first-order valence-corrected chi connectivity index (χ1v) is 7.24. The Bertz CT molecular complexity index is 393. The van der Waals surface area contributed by atoms with E-state index in [1.54, 1.807) is 0 Å². The van der Waals surface area contributed by atoms with Gasteiger partial charge in [0.2, 0.25) is 11.8 Å². The molecular formula is C14H23N3O. The van der Waals surface area contributed by atoms with Crippen molar-refractivity contribution in [2.24, 2.45) is 5.92 Å². The van der Waals surface area contributed by atoms with E-state index >= 15 is 0 Å². The first-order valence-electron chi connectivity index (χ1n) is 7.24. The van der Waals surface area contributed by atoms with Crippen molar-refractivity contribution < 1.29 is 4.42 Å². The van der Waals surface area contributed by atoms with E-state index in [4.69, 9.17) is 4.42 Å². The lowest BCUT2D eigenvalue weighted by Crippen LogP contribution is -2.43. The van der Waals surface area contributed by atoms with Gasteiger partial charge in [0.15, 0.2) is 0 Å². The van der Waals surface area contributed by atoms with Crippen LogP contribution >= 0.6 is 0 Å². The minimum absolute atomic E-state index is 0.414. The fraction of sp³-hybridized carbons (Fsp3) is 0.857. The van der Waals surface area contributed by atoms with Crippen molar-refractivity contribution >= 4 is 0 Å². The predicted octanol–water partition coefficient (Wildman–Crippen LogP) is 2.78. The van der Waals surface area contributed by atoms with Crippen LogP contribution in [0.2, 0.25) is 0 Å². The molecule has 4 heteroatoms. The van der Waals surface area contributed by atoms with Crippen molar-refractivity contribution in [2.45, 2.75) is 50.9 Å². The molecule has 1 saturated heterocycles. The lowest BCUT2D eigenvalue weighted by Gasteiger charge is -2.36. The van der Waals surface area contributed by atoms with E-state index in [-0.39, 0.29) is 0 Å². The van der Waals surface area contributed by atoms with E-state index < -0.39 is 0 Å². The molecule has 0 N–H and O–H groups in total. The zero-order chi connectivity index (χ0) is 12.5. The van der Waals surface area contributed by atoms with Crippen LogP contribution in [-0.2, 0) is 0 Å². The second kappa shape index (κ2) is 5.00. The van der Waals surface area contributed by atoms with Gasteiger partial charge in [-0.15, -0.1) is 10.2 Å². The van der Waals surface area contributed by atoms with Gasteiger partial charge >= 0.3 is 0 Å². The molecule has 2 fully saturated rings. The number of nitrogens with zero attached hydrogens (tertiary/aromatic N) is 3. The maximum Gasteiger partial charge on any atom is 0.219 e. The molecule has 1 aromatic heterocycles. The van der Waals surface area contributed by atoms with Gasteiger partial charge in [0.25, 0.3) is 0 Å². The van der Waals surface area contributed by atoms with E-state index in [9.17, 15) is 0 Å². The first kappa shape index (κ1) is 12.2. The third-order valence-corrected chi connectivity index (χ3v) is 4.48. The molecule has 4 nitrogen and oxygen atoms in total. The summed E-state index contributed by atoms with van der Waals surface area (Å²) in [5, 5.41) is 8.44. The topological polar surface area (TPSA) is 42.2 Å². The van der Waals surface area contributed by atoms with Gasteiger partial charge in [-0.3, -0.25) is 0 Å². The molecule has 0 spiro atoms. The summed E-state index contributed by atoms with van der Waals surface area (Å²) in [6.07, 6.45) is 6.22. The molecule has 0 radical (unpaired) electrons. The lowest BCUT2D eigenvalue weighted by molar-refractivity contribution is 0.122. The van der Waals surface area contributed by atoms with Crippen LogP contribution in [-0.4, -0.2) is 35.2 Å². The Morgan fingerprint density at radius 3 is 2.72 bits per heavy atom. The highest BCUT2D eigenvalue weighted by atomic mass is 16.4. The summed E-state index contributed by atoms with van der Waals surface area (Å²) in [4.78, 5) is 2.37. The summed E-state index contributed by atoms with van der Waals surface area (Å²) in [7, 11) is 2.18. The summed E-state index contributed by atoms with van der Waals surface area (Å²) in [6.45, 7) is 4.72. The molecule has 1 aliphatic carbocycles. The molecule has 18 heavy (non-hydrogen) atoms. The number of hydrogen-bond donors (Lipinski definition) is 0. The Morgan fingerprint density at radius 1 is 1.33 bits per heavy atom. The maximum absolute atomic E-state index is 5.82. The highest BCUT2D eigenvalue weighted by Gasteiger charge is 2.27. The average Bonchev–Trinajstić information content (AvgIpc) is 2.69. The van der Waals surface area contributed by atoms with E-state index in [2.05, 4.69) is 29.1 Å². The summed E-state index contributed by atoms with van der Waals surface area (Å²) < 4.78 is 5.82. The number of aromatic nitrogens is 2. The van der Waals surface area contributed by atoms with Gasteiger partial charge in [-0.2, -0.15) is 0 Å². The molecule has 100 valence electrons. The minimum Gasteiger partial charge on any atom is -0.425 e. The molecule has 0 bridgehead atoms. The highest BCUT2D eigenvalue weighted by Crippen LogP contribution is 2.36. The normalized spacial score (nSPS) is 23.7. The van der Waals surface area contributed by atoms with Crippen LogP contribution in [0.1, 0.15) is 62.6 Å². The molecule has 0 amide bonds. The molecule has 1 atom stereocenters. The smallest absolute Gasteiger partial charge is 0.219 e. The Balaban J connectivity index is 1.48. The Kier molecular flexibility index (Phi) is 3.37. The van der Waals surface area contributed by atoms with Gasteiger partial charge < -0.3 is 9.32 Å². The molecule has 2 heterocycles. The van der Waals surface area contributed by atoms with Gasteiger partial charge in [0.05, 0.1) is 0 Å². The monoisotopic (exact) mass is 249 g/mol. The van der Waals surface area contributed by atoms with Crippen LogP contribution < -0.4 is 0 Å². The van der Waals surface area contributed by atoms with Crippen LogP contribution in [0.4, 0.5) is 0 Å². The zero-order valence-corrected chi connectivity index (χ0v) is 11.4. The zero-order valence-electron chi connectivity index (χ0n) is 11.4. The largest absolute Gasteiger partial charge is 0.425 e. The average molecular weight is 249 g/mol. The molecule has 3 rings (SSSR count). The molecule has 1 unspecified atom stereocenters. The minimum atomic E-state index is 0.414. The molecule has 0 aromatic carbocycles. The van der Waals surface area contributed by atoms with Crippen LogP contribution in [0.3, 0.4) is 0 Å². The van der Waals surface area contributed by atoms with Crippen LogP contribution in [0.5, 0.6) is 0 Å². The fourth-order valence-corrected chi connectivity index (χ4v) is 2.89. The Morgan fingerprint density at radius 2 is 2.11 bits per heavy atom. The van der Waals surface area contributed by atoms with E-state index in [0.717, 1.165) is 17.7 Å². The van der Waals surface area contributed by atoms with Crippen molar-refractivity contribution in [2.75, 3.05) is 20.1 Å². The van der Waals surface area contributed by atoms with Crippen molar-refractivity contribution in [3.05, 3.63) is 11.8 Å². The predicted molar refractivity (Wildman–Crippen MR) is 69.5 cm³/mol. The van der Waals surface area contributed by atoms with Gasteiger partial charge in [-0.25, -0.2) is 0 Å². The maximum atomic E-state index is 5.82. The Labute approximate surface area is 109 Å². The second-order valence-corrected chi connectivity index (χ2v) is 6.17. The lowest BCUT2D eigenvalue weighted by atomic mass is 9.85. The summed E-state index contributed by atoms with van der Waals surface area (Å²) in [5.41, 5.74) is 0. The number of hydrogen-bond acceptors (Lipinski definition) is 4. The van der Waals surface area contributed by atoms with Crippen LogP contribution in [0.25, 0.3) is 0 Å². The van der Waals surface area contributed by atoms with E-state index in [1.807, 2.05) is 0 Å².